The lowest BCUT2D eigenvalue weighted by Crippen LogP contribution is -2.01. The van der Waals surface area contributed by atoms with Gasteiger partial charge >= 0.3 is 0 Å². The van der Waals surface area contributed by atoms with E-state index in [4.69, 9.17) is 9.47 Å². The molecule has 0 amide bonds. The van der Waals surface area contributed by atoms with Gasteiger partial charge in [0.2, 0.25) is 0 Å². The summed E-state index contributed by atoms with van der Waals surface area (Å²) in [5, 5.41) is 0. The second-order valence-corrected chi connectivity index (χ2v) is 6.69. The maximum atomic E-state index is 5.63. The summed E-state index contributed by atoms with van der Waals surface area (Å²) in [6, 6.07) is 10.7. The van der Waals surface area contributed by atoms with Crippen molar-refractivity contribution in [2.24, 2.45) is 0 Å². The Kier molecular flexibility index (Phi) is 14.2. The first-order valence-electron chi connectivity index (χ1n) is 8.13. The van der Waals surface area contributed by atoms with Gasteiger partial charge < -0.3 is 9.47 Å². The molecule has 0 N–H and O–H groups in total. The van der Waals surface area contributed by atoms with E-state index in [1.807, 2.05) is 11.8 Å². The molecular formula is C18H29O2S2. The van der Waals surface area contributed by atoms with Gasteiger partial charge in [-0.3, -0.25) is 0 Å². The normalized spacial score (nSPS) is 11.0. The summed E-state index contributed by atoms with van der Waals surface area (Å²) in [5.74, 6) is 3.19. The monoisotopic (exact) mass is 341 g/mol. The lowest BCUT2D eigenvalue weighted by molar-refractivity contribution is 0.132. The Morgan fingerprint density at radius 3 is 2.36 bits per heavy atom. The zero-order chi connectivity index (χ0) is 15.7. The molecule has 1 rings (SSSR count). The lowest BCUT2D eigenvalue weighted by Gasteiger charge is -2.05. The predicted octanol–water partition coefficient (Wildman–Crippen LogP) is 4.30. The molecule has 125 valence electrons. The molecule has 0 spiro atoms. The van der Waals surface area contributed by atoms with Crippen LogP contribution < -0.4 is 0 Å². The van der Waals surface area contributed by atoms with Gasteiger partial charge in [-0.1, -0.05) is 30.3 Å². The molecule has 0 saturated carbocycles. The number of ether oxygens (including phenoxy) is 2. The van der Waals surface area contributed by atoms with Crippen LogP contribution in [0.5, 0.6) is 0 Å². The molecule has 1 aromatic carbocycles. The van der Waals surface area contributed by atoms with E-state index < -0.39 is 0 Å². The Hall–Kier alpha value is -0.160. The second kappa shape index (κ2) is 15.7. The number of hydrogen-bond acceptors (Lipinski definition) is 4. The van der Waals surface area contributed by atoms with Gasteiger partial charge in [0, 0.05) is 25.6 Å². The molecule has 0 aliphatic carbocycles. The van der Waals surface area contributed by atoms with Gasteiger partial charge in [0.05, 0.1) is 6.61 Å². The fourth-order valence-electron chi connectivity index (χ4n) is 1.95. The van der Waals surface area contributed by atoms with Gasteiger partial charge in [0.25, 0.3) is 0 Å². The van der Waals surface area contributed by atoms with Crippen LogP contribution in [-0.2, 0) is 15.9 Å². The highest BCUT2D eigenvalue weighted by atomic mass is 32.2. The standard InChI is InChI=1S/C18H29O2S2/c21-15-14-20-12-6-2-5-11-19-13-7-16-22-17-10-18-8-3-1-4-9-18/h1-4,8-9,21H,5-7,10-17H2. The smallest absolute Gasteiger partial charge is 0.0554 e. The van der Waals surface area contributed by atoms with Crippen LogP contribution >= 0.6 is 24.4 Å². The van der Waals surface area contributed by atoms with Crippen LogP contribution in [0.2, 0.25) is 0 Å². The van der Waals surface area contributed by atoms with Crippen LogP contribution in [0.25, 0.3) is 0 Å². The van der Waals surface area contributed by atoms with Gasteiger partial charge in [0.1, 0.15) is 0 Å². The van der Waals surface area contributed by atoms with Crippen molar-refractivity contribution in [3.63, 3.8) is 0 Å². The molecule has 0 aliphatic rings. The minimum atomic E-state index is 0.745. The molecule has 0 aliphatic heterocycles. The van der Waals surface area contributed by atoms with Crippen molar-refractivity contribution in [1.82, 2.24) is 0 Å². The first kappa shape index (κ1) is 19.9. The summed E-state index contributed by atoms with van der Waals surface area (Å²) in [6.07, 6.45) is 6.58. The third-order valence-electron chi connectivity index (χ3n) is 3.12. The average Bonchev–Trinajstić information content (AvgIpc) is 2.56. The number of aryl methyl sites for hydroxylation is 1. The van der Waals surface area contributed by atoms with Crippen molar-refractivity contribution in [2.75, 3.05) is 43.7 Å². The molecule has 1 radical (unpaired) electrons. The summed E-state index contributed by atoms with van der Waals surface area (Å²) in [4.78, 5) is 0. The van der Waals surface area contributed by atoms with Crippen LogP contribution in [0.4, 0.5) is 0 Å². The molecule has 22 heavy (non-hydrogen) atoms. The summed E-state index contributed by atoms with van der Waals surface area (Å²) in [5.41, 5.74) is 1.43. The van der Waals surface area contributed by atoms with E-state index in [0.29, 0.717) is 0 Å². The van der Waals surface area contributed by atoms with Gasteiger partial charge in [-0.25, -0.2) is 0 Å². The summed E-state index contributed by atoms with van der Waals surface area (Å²) >= 11 is 6.11. The third-order valence-corrected chi connectivity index (χ3v) is 4.38. The van der Waals surface area contributed by atoms with Gasteiger partial charge in [-0.2, -0.15) is 24.4 Å². The predicted molar refractivity (Wildman–Crippen MR) is 101 cm³/mol. The Morgan fingerprint density at radius 2 is 1.64 bits per heavy atom. The van der Waals surface area contributed by atoms with E-state index in [1.165, 1.54) is 17.1 Å². The number of hydrogen-bond donors (Lipinski definition) is 1. The molecule has 1 aromatic rings. The van der Waals surface area contributed by atoms with Crippen molar-refractivity contribution in [2.45, 2.75) is 25.7 Å². The maximum absolute atomic E-state index is 5.63. The average molecular weight is 342 g/mol. The molecular weight excluding hydrogens is 312 g/mol. The molecule has 0 saturated heterocycles. The van der Waals surface area contributed by atoms with Crippen molar-refractivity contribution in [3.05, 3.63) is 42.3 Å². The van der Waals surface area contributed by atoms with Crippen molar-refractivity contribution >= 4 is 24.4 Å². The zero-order valence-corrected chi connectivity index (χ0v) is 15.1. The van der Waals surface area contributed by atoms with Crippen LogP contribution in [-0.4, -0.2) is 43.7 Å². The first-order chi connectivity index (χ1) is 10.9. The van der Waals surface area contributed by atoms with E-state index in [9.17, 15) is 0 Å². The number of rotatable bonds is 15. The molecule has 0 bridgehead atoms. The molecule has 2 nitrogen and oxygen atoms in total. The molecule has 0 atom stereocenters. The zero-order valence-electron chi connectivity index (χ0n) is 13.4. The van der Waals surface area contributed by atoms with Crippen molar-refractivity contribution in [1.29, 1.82) is 0 Å². The highest BCUT2D eigenvalue weighted by Crippen LogP contribution is 2.08. The fraction of sp³-hybridized carbons (Fsp3) is 0.611. The molecule has 0 aromatic heterocycles. The highest BCUT2D eigenvalue weighted by molar-refractivity contribution is 7.99. The number of thiol groups is 1. The lowest BCUT2D eigenvalue weighted by atomic mass is 10.2. The van der Waals surface area contributed by atoms with Crippen LogP contribution in [0.1, 0.15) is 24.8 Å². The van der Waals surface area contributed by atoms with E-state index in [2.05, 4.69) is 49.4 Å². The van der Waals surface area contributed by atoms with Crippen LogP contribution in [0, 0.1) is 6.42 Å². The van der Waals surface area contributed by atoms with Crippen LogP contribution in [0.15, 0.2) is 30.3 Å². The second-order valence-electron chi connectivity index (χ2n) is 5.02. The third kappa shape index (κ3) is 12.4. The first-order valence-corrected chi connectivity index (χ1v) is 9.92. The van der Waals surface area contributed by atoms with Gasteiger partial charge in [-0.15, -0.1) is 0 Å². The SMILES string of the molecule is SCCOCC[CH]CCOCCCSCCc1ccccc1. The van der Waals surface area contributed by atoms with Gasteiger partial charge in [-0.05, 0) is 49.2 Å². The van der Waals surface area contributed by atoms with Crippen LogP contribution in [0.3, 0.4) is 0 Å². The number of benzene rings is 1. The minimum Gasteiger partial charge on any atom is -0.381 e. The van der Waals surface area contributed by atoms with Crippen molar-refractivity contribution < 1.29 is 9.47 Å². The molecule has 0 heterocycles. The summed E-state index contributed by atoms with van der Waals surface area (Å²) < 4.78 is 11.0. The van der Waals surface area contributed by atoms with E-state index in [-0.39, 0.29) is 0 Å². The summed E-state index contributed by atoms with van der Waals surface area (Å²) in [6.45, 7) is 3.26. The Morgan fingerprint density at radius 1 is 0.909 bits per heavy atom. The number of thioether (sulfide) groups is 1. The Balaban J connectivity index is 1.73. The maximum Gasteiger partial charge on any atom is 0.0554 e. The topological polar surface area (TPSA) is 18.5 Å². The fourth-order valence-corrected chi connectivity index (χ4v) is 2.98. The quantitative estimate of drug-likeness (QED) is 0.379. The minimum absolute atomic E-state index is 0.745. The summed E-state index contributed by atoms with van der Waals surface area (Å²) in [7, 11) is 0. The Labute approximate surface area is 145 Å². The van der Waals surface area contributed by atoms with E-state index >= 15 is 0 Å². The number of unbranched alkanes of at least 4 members (excludes halogenated alkanes) is 2. The molecule has 4 heteroatoms. The highest BCUT2D eigenvalue weighted by Gasteiger charge is 1.95. The molecule has 0 unspecified atom stereocenters. The van der Waals surface area contributed by atoms with Gasteiger partial charge in [0.15, 0.2) is 0 Å². The Bertz CT molecular complexity index is 333. The van der Waals surface area contributed by atoms with E-state index in [0.717, 1.165) is 57.9 Å². The van der Waals surface area contributed by atoms with E-state index in [1.54, 1.807) is 0 Å². The van der Waals surface area contributed by atoms with Crippen molar-refractivity contribution in [3.8, 4) is 0 Å². The molecule has 0 fully saturated rings. The largest absolute Gasteiger partial charge is 0.381 e.